The van der Waals surface area contributed by atoms with Crippen molar-refractivity contribution in [1.82, 2.24) is 9.97 Å². The topological polar surface area (TPSA) is 95.3 Å². The number of thiophene rings is 1. The fourth-order valence-electron chi connectivity index (χ4n) is 2.65. The number of rotatable bonds is 5. The first-order valence-corrected chi connectivity index (χ1v) is 8.37. The van der Waals surface area contributed by atoms with Crippen LogP contribution >= 0.6 is 11.3 Å². The summed E-state index contributed by atoms with van der Waals surface area (Å²) in [4.78, 5) is 21.4. The van der Waals surface area contributed by atoms with E-state index in [-0.39, 0.29) is 5.82 Å². The van der Waals surface area contributed by atoms with E-state index in [9.17, 15) is 19.4 Å². The molecular weight excluding hydrogens is 345 g/mol. The van der Waals surface area contributed by atoms with Gasteiger partial charge in [0.05, 0.1) is 11.5 Å². The minimum Gasteiger partial charge on any atom is -0.480 e. The van der Waals surface area contributed by atoms with Crippen molar-refractivity contribution in [3.8, 4) is 11.1 Å². The normalized spacial score (nSPS) is 13.6. The lowest BCUT2D eigenvalue weighted by Gasteiger charge is -2.18. The van der Waals surface area contributed by atoms with E-state index in [2.05, 4.69) is 15.3 Å². The molecule has 0 spiro atoms. The average Bonchev–Trinajstić information content (AvgIpc) is 2.89. The fraction of sp³-hybridized carbons (Fsp3) is 0.235. The molecule has 0 saturated heterocycles. The van der Waals surface area contributed by atoms with Crippen molar-refractivity contribution in [3.05, 3.63) is 41.3 Å². The number of carbonyl (C=O) groups is 1. The second-order valence-electron chi connectivity index (χ2n) is 5.64. The number of aromatic nitrogens is 2. The van der Waals surface area contributed by atoms with Gasteiger partial charge in [-0.15, -0.1) is 11.3 Å². The monoisotopic (exact) mass is 361 g/mol. The lowest BCUT2D eigenvalue weighted by molar-refractivity contribution is -0.140. The van der Waals surface area contributed by atoms with Crippen molar-refractivity contribution >= 4 is 33.3 Å². The van der Waals surface area contributed by atoms with Crippen LogP contribution in [0.2, 0.25) is 0 Å². The quantitative estimate of drug-likeness (QED) is 0.646. The molecule has 2 heterocycles. The van der Waals surface area contributed by atoms with Crippen LogP contribution in [0.3, 0.4) is 0 Å². The Morgan fingerprint density at radius 1 is 1.28 bits per heavy atom. The molecule has 0 aliphatic rings. The third-order valence-corrected chi connectivity index (χ3v) is 4.85. The summed E-state index contributed by atoms with van der Waals surface area (Å²) < 4.78 is 13.2. The Labute approximate surface area is 147 Å². The maximum Gasteiger partial charge on any atom is 0.328 e. The first kappa shape index (κ1) is 17.2. The number of aryl methyl sites for hydroxylation is 1. The van der Waals surface area contributed by atoms with Crippen molar-refractivity contribution in [2.75, 3.05) is 5.32 Å². The van der Waals surface area contributed by atoms with Crippen molar-refractivity contribution in [2.24, 2.45) is 0 Å². The SMILES string of the molecule is Cc1sc2ncnc(NC(C(=O)O)C(C)O)c2c1-c1ccc(F)cc1. The van der Waals surface area contributed by atoms with Gasteiger partial charge in [0, 0.05) is 10.4 Å². The van der Waals surface area contributed by atoms with Crippen molar-refractivity contribution in [2.45, 2.75) is 26.0 Å². The molecule has 130 valence electrons. The van der Waals surface area contributed by atoms with Crippen LogP contribution in [0, 0.1) is 12.7 Å². The van der Waals surface area contributed by atoms with Crippen LogP contribution in [0.5, 0.6) is 0 Å². The van der Waals surface area contributed by atoms with Gasteiger partial charge in [-0.25, -0.2) is 19.2 Å². The molecule has 3 aromatic rings. The van der Waals surface area contributed by atoms with Gasteiger partial charge in [0.25, 0.3) is 0 Å². The smallest absolute Gasteiger partial charge is 0.328 e. The molecule has 1 aromatic carbocycles. The van der Waals surface area contributed by atoms with E-state index in [0.29, 0.717) is 16.0 Å². The highest BCUT2D eigenvalue weighted by molar-refractivity contribution is 7.19. The van der Waals surface area contributed by atoms with E-state index in [0.717, 1.165) is 16.0 Å². The number of benzene rings is 1. The Balaban J connectivity index is 2.17. The molecule has 2 unspecified atom stereocenters. The highest BCUT2D eigenvalue weighted by Crippen LogP contribution is 2.40. The zero-order chi connectivity index (χ0) is 18.1. The first-order chi connectivity index (χ1) is 11.9. The Morgan fingerprint density at radius 2 is 1.96 bits per heavy atom. The van der Waals surface area contributed by atoms with Crippen LogP contribution < -0.4 is 5.32 Å². The number of aliphatic carboxylic acids is 1. The molecule has 2 atom stereocenters. The minimum absolute atomic E-state index is 0.321. The maximum absolute atomic E-state index is 13.2. The molecule has 2 aromatic heterocycles. The highest BCUT2D eigenvalue weighted by Gasteiger charge is 2.25. The standard InChI is InChI=1S/C17H16FN3O3S/c1-8(22)14(17(23)24)21-15-13-12(10-3-5-11(18)6-4-10)9(2)25-16(13)20-7-19-15/h3-8,14,22H,1-2H3,(H,23,24)(H,19,20,21). The van der Waals surface area contributed by atoms with Gasteiger partial charge in [-0.05, 0) is 31.5 Å². The molecule has 25 heavy (non-hydrogen) atoms. The lowest BCUT2D eigenvalue weighted by Crippen LogP contribution is -2.39. The van der Waals surface area contributed by atoms with Crippen molar-refractivity contribution < 1.29 is 19.4 Å². The van der Waals surface area contributed by atoms with Crippen LogP contribution in [-0.2, 0) is 4.79 Å². The highest BCUT2D eigenvalue weighted by atomic mass is 32.1. The zero-order valence-electron chi connectivity index (χ0n) is 13.5. The van der Waals surface area contributed by atoms with Gasteiger partial charge in [0.2, 0.25) is 0 Å². The minimum atomic E-state index is -1.21. The van der Waals surface area contributed by atoms with Gasteiger partial charge in [-0.2, -0.15) is 0 Å². The molecule has 0 amide bonds. The van der Waals surface area contributed by atoms with Gasteiger partial charge in [0.1, 0.15) is 22.8 Å². The fourth-order valence-corrected chi connectivity index (χ4v) is 3.67. The lowest BCUT2D eigenvalue weighted by atomic mass is 10.0. The molecule has 6 nitrogen and oxygen atoms in total. The molecule has 3 rings (SSSR count). The molecule has 3 N–H and O–H groups in total. The molecule has 0 bridgehead atoms. The zero-order valence-corrected chi connectivity index (χ0v) is 14.3. The number of hydrogen-bond acceptors (Lipinski definition) is 6. The number of hydrogen-bond donors (Lipinski definition) is 3. The summed E-state index contributed by atoms with van der Waals surface area (Å²) in [5.41, 5.74) is 1.60. The molecule has 0 aliphatic heterocycles. The average molecular weight is 361 g/mol. The third-order valence-electron chi connectivity index (χ3n) is 3.84. The van der Waals surface area contributed by atoms with Gasteiger partial charge in [-0.3, -0.25) is 0 Å². The number of aliphatic hydroxyl groups excluding tert-OH is 1. The summed E-state index contributed by atoms with van der Waals surface area (Å²) >= 11 is 1.44. The van der Waals surface area contributed by atoms with E-state index in [1.807, 2.05) is 6.92 Å². The number of halogens is 1. The van der Waals surface area contributed by atoms with E-state index in [4.69, 9.17) is 0 Å². The molecule has 0 fully saturated rings. The van der Waals surface area contributed by atoms with Crippen LogP contribution in [0.4, 0.5) is 10.2 Å². The Morgan fingerprint density at radius 3 is 2.56 bits per heavy atom. The summed E-state index contributed by atoms with van der Waals surface area (Å²) in [7, 11) is 0. The van der Waals surface area contributed by atoms with E-state index < -0.39 is 18.1 Å². The Kier molecular flexibility index (Phi) is 4.65. The van der Waals surface area contributed by atoms with Crippen LogP contribution in [0.25, 0.3) is 21.3 Å². The number of carboxylic acids is 1. The maximum atomic E-state index is 13.2. The Hall–Kier alpha value is -2.58. The van der Waals surface area contributed by atoms with E-state index in [1.165, 1.54) is 36.7 Å². The molecule has 0 radical (unpaired) electrons. The number of carboxylic acid groups (broad SMARTS) is 1. The first-order valence-electron chi connectivity index (χ1n) is 7.56. The van der Waals surface area contributed by atoms with Gasteiger partial charge in [0.15, 0.2) is 6.04 Å². The predicted molar refractivity (Wildman–Crippen MR) is 94.3 cm³/mol. The molecule has 8 heteroatoms. The third kappa shape index (κ3) is 3.31. The number of nitrogens with zero attached hydrogens (tertiary/aromatic N) is 2. The summed E-state index contributed by atoms with van der Waals surface area (Å²) in [5, 5.41) is 22.5. The van der Waals surface area contributed by atoms with Crippen LogP contribution in [0.1, 0.15) is 11.8 Å². The summed E-state index contributed by atoms with van der Waals surface area (Å²) in [6.07, 6.45) is 0.229. The summed E-state index contributed by atoms with van der Waals surface area (Å²) in [6, 6.07) is 4.84. The van der Waals surface area contributed by atoms with Gasteiger partial charge >= 0.3 is 5.97 Å². The number of anilines is 1. The Bertz CT molecular complexity index is 925. The largest absolute Gasteiger partial charge is 0.480 e. The van der Waals surface area contributed by atoms with E-state index in [1.54, 1.807) is 12.1 Å². The van der Waals surface area contributed by atoms with E-state index >= 15 is 0 Å². The van der Waals surface area contributed by atoms with Crippen molar-refractivity contribution in [1.29, 1.82) is 0 Å². The second-order valence-corrected chi connectivity index (χ2v) is 6.85. The van der Waals surface area contributed by atoms with Crippen molar-refractivity contribution in [3.63, 3.8) is 0 Å². The second kappa shape index (κ2) is 6.73. The number of fused-ring (bicyclic) bond motifs is 1. The molecule has 0 aliphatic carbocycles. The van der Waals surface area contributed by atoms with Crippen LogP contribution in [0.15, 0.2) is 30.6 Å². The number of aliphatic hydroxyl groups is 1. The summed E-state index contributed by atoms with van der Waals surface area (Å²) in [5.74, 6) is -1.20. The van der Waals surface area contributed by atoms with Crippen LogP contribution in [-0.4, -0.2) is 38.3 Å². The van der Waals surface area contributed by atoms with Gasteiger partial charge in [-0.1, -0.05) is 12.1 Å². The number of nitrogens with one attached hydrogen (secondary N) is 1. The summed E-state index contributed by atoms with van der Waals surface area (Å²) in [6.45, 7) is 3.31. The van der Waals surface area contributed by atoms with Gasteiger partial charge < -0.3 is 15.5 Å². The predicted octanol–water partition coefficient (Wildman–Crippen LogP) is 3.05. The molecular formula is C17H16FN3O3S. The molecule has 0 saturated carbocycles.